The summed E-state index contributed by atoms with van der Waals surface area (Å²) in [5, 5.41) is 43.5. The molecule has 0 aromatic heterocycles. The van der Waals surface area contributed by atoms with Crippen LogP contribution in [0.2, 0.25) is 0 Å². The fourth-order valence-corrected chi connectivity index (χ4v) is 4.58. The molecule has 238 valence electrons. The summed E-state index contributed by atoms with van der Waals surface area (Å²) in [6, 6.07) is 16.9. The van der Waals surface area contributed by atoms with Gasteiger partial charge in [-0.2, -0.15) is 0 Å². The van der Waals surface area contributed by atoms with Crippen molar-refractivity contribution in [1.82, 2.24) is 4.90 Å². The lowest BCUT2D eigenvalue weighted by atomic mass is 9.86. The van der Waals surface area contributed by atoms with E-state index in [-0.39, 0.29) is 24.4 Å². The number of aliphatic hydroxyl groups excluding tert-OH is 1. The number of esters is 1. The lowest BCUT2D eigenvalue weighted by Crippen LogP contribution is -2.42. The van der Waals surface area contributed by atoms with Gasteiger partial charge in [-0.05, 0) is 63.9 Å². The number of hydrogen-bond acceptors (Lipinski definition) is 8. The normalized spacial score (nSPS) is 12.2. The van der Waals surface area contributed by atoms with E-state index in [2.05, 4.69) is 44.7 Å². The van der Waals surface area contributed by atoms with Crippen molar-refractivity contribution in [3.63, 3.8) is 0 Å². The number of aliphatic carboxylic acids is 3. The Morgan fingerprint density at radius 1 is 0.837 bits per heavy atom. The Morgan fingerprint density at radius 2 is 1.37 bits per heavy atom. The average molecular weight is 604 g/mol. The van der Waals surface area contributed by atoms with Gasteiger partial charge in [0.15, 0.2) is 5.60 Å². The minimum absolute atomic E-state index is 0.0446. The van der Waals surface area contributed by atoms with Crippen molar-refractivity contribution in [3.05, 3.63) is 65.2 Å². The molecule has 2 rings (SSSR count). The van der Waals surface area contributed by atoms with Crippen molar-refractivity contribution in [3.8, 4) is 5.75 Å². The first-order valence-corrected chi connectivity index (χ1v) is 14.2. The molecule has 0 bridgehead atoms. The van der Waals surface area contributed by atoms with Crippen LogP contribution in [0.15, 0.2) is 48.5 Å². The van der Waals surface area contributed by atoms with E-state index in [0.29, 0.717) is 17.8 Å². The number of carbonyl (C=O) groups excluding carboxylic acids is 1. The largest absolute Gasteiger partial charge is 0.481 e. The molecule has 1 atom stereocenters. The van der Waals surface area contributed by atoms with E-state index in [4.69, 9.17) is 25.2 Å². The summed E-state index contributed by atoms with van der Waals surface area (Å²) in [6.45, 7) is 13.4. The summed E-state index contributed by atoms with van der Waals surface area (Å²) in [5.41, 5.74) is 0.216. The molecule has 5 N–H and O–H groups in total. The van der Waals surface area contributed by atoms with Crippen LogP contribution in [0.4, 0.5) is 0 Å². The minimum atomic E-state index is -2.74. The molecule has 0 aliphatic heterocycles. The van der Waals surface area contributed by atoms with Crippen molar-refractivity contribution in [2.24, 2.45) is 5.92 Å². The van der Waals surface area contributed by atoms with Crippen LogP contribution in [0.25, 0.3) is 0 Å². The summed E-state index contributed by atoms with van der Waals surface area (Å²) in [4.78, 5) is 45.3. The quantitative estimate of drug-likeness (QED) is 0.146. The lowest BCUT2D eigenvalue weighted by Gasteiger charge is -2.32. The maximum absolute atomic E-state index is 12.3. The maximum atomic E-state index is 12.3. The van der Waals surface area contributed by atoms with E-state index in [1.54, 1.807) is 0 Å². The van der Waals surface area contributed by atoms with Gasteiger partial charge in [0.1, 0.15) is 5.75 Å². The molecule has 0 fully saturated rings. The molecule has 11 nitrogen and oxygen atoms in total. The first-order valence-electron chi connectivity index (χ1n) is 14.2. The number of carboxylic acid groups (broad SMARTS) is 3. The number of rotatable bonds is 15. The highest BCUT2D eigenvalue weighted by Crippen LogP contribution is 2.36. The molecular weight excluding hydrogens is 558 g/mol. The van der Waals surface area contributed by atoms with Crippen molar-refractivity contribution >= 4 is 23.9 Å². The van der Waals surface area contributed by atoms with Crippen molar-refractivity contribution in [2.75, 3.05) is 6.54 Å². The number of aliphatic hydroxyl groups is 2. The molecule has 2 aromatic carbocycles. The minimum Gasteiger partial charge on any atom is -0.481 e. The second-order valence-corrected chi connectivity index (χ2v) is 11.3. The smallest absolute Gasteiger partial charge is 0.336 e. The van der Waals surface area contributed by atoms with Gasteiger partial charge < -0.3 is 30.3 Å². The highest BCUT2D eigenvalue weighted by molar-refractivity contribution is 5.88. The Morgan fingerprint density at radius 3 is 1.79 bits per heavy atom. The molecule has 0 saturated carbocycles. The van der Waals surface area contributed by atoms with Gasteiger partial charge in [-0.15, -0.1) is 0 Å². The highest BCUT2D eigenvalue weighted by atomic mass is 16.5. The Kier molecular flexibility index (Phi) is 15.0. The van der Waals surface area contributed by atoms with Gasteiger partial charge in [0, 0.05) is 23.6 Å². The van der Waals surface area contributed by atoms with Gasteiger partial charge >= 0.3 is 23.9 Å². The molecule has 0 spiro atoms. The summed E-state index contributed by atoms with van der Waals surface area (Å²) in [5.74, 6) is -4.82. The molecule has 43 heavy (non-hydrogen) atoms. The van der Waals surface area contributed by atoms with Crippen LogP contribution in [0.3, 0.4) is 0 Å². The van der Waals surface area contributed by atoms with E-state index in [1.807, 2.05) is 50.2 Å². The van der Waals surface area contributed by atoms with Gasteiger partial charge in [0.05, 0.1) is 25.4 Å². The maximum Gasteiger partial charge on any atom is 0.336 e. The number of carboxylic acids is 3. The SMILES string of the molecule is CC(C)C(=O)Oc1ccc(CO)cc1[C@H](CCN(C(C)C)C(C)C)c1ccccc1.O=C(O)CC(O)(CC(=O)O)C(=O)O. The summed E-state index contributed by atoms with van der Waals surface area (Å²) < 4.78 is 5.78. The number of ether oxygens (including phenoxy) is 1. The topological polar surface area (TPSA) is 182 Å². The van der Waals surface area contributed by atoms with Crippen LogP contribution in [0.1, 0.15) is 83.4 Å². The Hall–Kier alpha value is -3.80. The standard InChI is InChI=1S/C26H37NO3.C6H8O7/c1-18(2)26(29)30-25-13-12-21(17-28)16-24(25)23(22-10-8-7-9-11-22)14-15-27(19(3)4)20(5)6;7-3(8)1-6(13,5(11)12)2-4(9)10/h7-13,16,18-20,23,28H,14-15,17H2,1-6H3;13H,1-2H2,(H,7,8)(H,9,10)(H,11,12)/t23-;/m1./s1. The Bertz CT molecular complexity index is 1190. The van der Waals surface area contributed by atoms with Crippen LogP contribution >= 0.6 is 0 Å². The van der Waals surface area contributed by atoms with Gasteiger partial charge in [0.25, 0.3) is 0 Å². The number of nitrogens with zero attached hydrogens (tertiary/aromatic N) is 1. The second-order valence-electron chi connectivity index (χ2n) is 11.3. The third kappa shape index (κ3) is 12.1. The van der Waals surface area contributed by atoms with E-state index in [1.165, 1.54) is 5.56 Å². The molecule has 11 heteroatoms. The van der Waals surface area contributed by atoms with Gasteiger partial charge in [-0.25, -0.2) is 4.79 Å². The zero-order valence-corrected chi connectivity index (χ0v) is 25.7. The summed E-state index contributed by atoms with van der Waals surface area (Å²) >= 11 is 0. The zero-order valence-electron chi connectivity index (χ0n) is 25.7. The fraction of sp³-hybridized carbons (Fsp3) is 0.500. The first kappa shape index (κ1) is 37.2. The van der Waals surface area contributed by atoms with E-state index in [0.717, 1.165) is 24.1 Å². The lowest BCUT2D eigenvalue weighted by molar-refractivity contribution is -0.170. The number of benzene rings is 2. The Labute approximate surface area is 252 Å². The number of hydrogen-bond donors (Lipinski definition) is 5. The average Bonchev–Trinajstić information content (AvgIpc) is 2.91. The van der Waals surface area contributed by atoms with E-state index in [9.17, 15) is 24.3 Å². The zero-order chi connectivity index (χ0) is 32.9. The monoisotopic (exact) mass is 603 g/mol. The van der Waals surface area contributed by atoms with Gasteiger partial charge in [0.2, 0.25) is 0 Å². The molecule has 0 saturated heterocycles. The number of carbonyl (C=O) groups is 4. The van der Waals surface area contributed by atoms with Crippen LogP contribution in [-0.2, 0) is 25.8 Å². The molecule has 0 heterocycles. The first-order chi connectivity index (χ1) is 20.0. The third-order valence-corrected chi connectivity index (χ3v) is 6.80. The third-order valence-electron chi connectivity index (χ3n) is 6.80. The molecule has 2 aromatic rings. The van der Waals surface area contributed by atoms with Gasteiger partial charge in [-0.3, -0.25) is 19.3 Å². The highest BCUT2D eigenvalue weighted by Gasteiger charge is 2.40. The molecule has 0 aliphatic rings. The molecule has 0 radical (unpaired) electrons. The molecule has 0 unspecified atom stereocenters. The van der Waals surface area contributed by atoms with E-state index >= 15 is 0 Å². The van der Waals surface area contributed by atoms with Crippen molar-refractivity contribution in [2.45, 2.75) is 91.0 Å². The van der Waals surface area contributed by atoms with Gasteiger partial charge in [-0.1, -0.05) is 50.2 Å². The van der Waals surface area contributed by atoms with E-state index < -0.39 is 36.4 Å². The molecular formula is C32H45NO10. The predicted octanol–water partition coefficient (Wildman–Crippen LogP) is 4.13. The summed E-state index contributed by atoms with van der Waals surface area (Å²) in [7, 11) is 0. The van der Waals surface area contributed by atoms with Crippen molar-refractivity contribution < 1.29 is 49.4 Å². The Balaban J connectivity index is 0.000000599. The summed E-state index contributed by atoms with van der Waals surface area (Å²) in [6.07, 6.45) is -1.40. The van der Waals surface area contributed by atoms with Crippen LogP contribution < -0.4 is 4.74 Å². The van der Waals surface area contributed by atoms with Crippen LogP contribution in [-0.4, -0.2) is 78.5 Å². The van der Waals surface area contributed by atoms with Crippen LogP contribution in [0.5, 0.6) is 5.75 Å². The predicted molar refractivity (Wildman–Crippen MR) is 160 cm³/mol. The fourth-order valence-electron chi connectivity index (χ4n) is 4.58. The molecule has 0 aliphatic carbocycles. The van der Waals surface area contributed by atoms with Crippen molar-refractivity contribution in [1.29, 1.82) is 0 Å². The molecule has 0 amide bonds. The van der Waals surface area contributed by atoms with Crippen LogP contribution in [0, 0.1) is 5.92 Å². The second kappa shape index (κ2) is 17.3.